The summed E-state index contributed by atoms with van der Waals surface area (Å²) in [6, 6.07) is 1.13. The predicted octanol–water partition coefficient (Wildman–Crippen LogP) is 0.891. The van der Waals surface area contributed by atoms with Crippen LogP contribution >= 0.6 is 0 Å². The van der Waals surface area contributed by atoms with Gasteiger partial charge in [-0.15, -0.1) is 0 Å². The molecular formula is C10H11NO5. The van der Waals surface area contributed by atoms with Gasteiger partial charge in [0.25, 0.3) is 0 Å². The van der Waals surface area contributed by atoms with E-state index in [0.717, 1.165) is 19.4 Å². The first-order valence-corrected chi connectivity index (χ1v) is 4.28. The smallest absolute Gasteiger partial charge is 0.345 e. The molecule has 0 radical (unpaired) electrons. The fraction of sp³-hybridized carbons (Fsp3) is 0.200. The first-order valence-electron chi connectivity index (χ1n) is 4.28. The summed E-state index contributed by atoms with van der Waals surface area (Å²) in [5, 5.41) is 26.3. The summed E-state index contributed by atoms with van der Waals surface area (Å²) in [7, 11) is 2.44. The first-order chi connectivity index (χ1) is 7.56. The van der Waals surface area contributed by atoms with Crippen molar-refractivity contribution in [2.75, 3.05) is 14.2 Å². The van der Waals surface area contributed by atoms with Crippen LogP contribution in [0.1, 0.15) is 15.9 Å². The van der Waals surface area contributed by atoms with E-state index in [1.807, 2.05) is 0 Å². The zero-order valence-corrected chi connectivity index (χ0v) is 8.77. The highest BCUT2D eigenvalue weighted by atomic mass is 16.5. The second kappa shape index (κ2) is 4.52. The summed E-state index contributed by atoms with van der Waals surface area (Å²) in [6.45, 7) is 0. The van der Waals surface area contributed by atoms with E-state index in [0.29, 0.717) is 0 Å². The van der Waals surface area contributed by atoms with Crippen molar-refractivity contribution in [1.29, 1.82) is 5.41 Å². The lowest BCUT2D eigenvalue weighted by molar-refractivity contribution is 0.0594. The largest absolute Gasteiger partial charge is 0.507 e. The fourth-order valence-electron chi connectivity index (χ4n) is 1.26. The quantitative estimate of drug-likeness (QED) is 0.524. The van der Waals surface area contributed by atoms with Crippen LogP contribution in [0, 0.1) is 5.41 Å². The van der Waals surface area contributed by atoms with Crippen LogP contribution < -0.4 is 4.74 Å². The Morgan fingerprint density at radius 1 is 1.44 bits per heavy atom. The molecule has 6 heteroatoms. The Balaban J connectivity index is 3.52. The third kappa shape index (κ3) is 1.77. The van der Waals surface area contributed by atoms with E-state index >= 15 is 0 Å². The lowest BCUT2D eigenvalue weighted by atomic mass is 10.1. The Morgan fingerprint density at radius 2 is 2.06 bits per heavy atom. The first kappa shape index (κ1) is 11.8. The third-order valence-corrected chi connectivity index (χ3v) is 2.04. The summed E-state index contributed by atoms with van der Waals surface area (Å²) in [6.07, 6.45) is 0.819. The molecule has 0 spiro atoms. The average Bonchev–Trinajstić information content (AvgIpc) is 2.27. The van der Waals surface area contributed by atoms with Gasteiger partial charge in [-0.1, -0.05) is 0 Å². The van der Waals surface area contributed by atoms with Gasteiger partial charge < -0.3 is 25.1 Å². The highest BCUT2D eigenvalue weighted by Gasteiger charge is 2.22. The molecule has 0 bridgehead atoms. The molecular weight excluding hydrogens is 214 g/mol. The topological polar surface area (TPSA) is 99.8 Å². The van der Waals surface area contributed by atoms with E-state index in [1.165, 1.54) is 7.11 Å². The standard InChI is InChI=1S/C10H11NO5/c1-15-7-3-6(12)8(10(14)16-2)9(13)5(7)4-11/h3-4,11-13H,1-2H3. The second-order valence-corrected chi connectivity index (χ2v) is 2.87. The van der Waals surface area contributed by atoms with Gasteiger partial charge in [0.15, 0.2) is 0 Å². The Kier molecular flexibility index (Phi) is 3.34. The van der Waals surface area contributed by atoms with Crippen molar-refractivity contribution in [2.24, 2.45) is 0 Å². The average molecular weight is 225 g/mol. The number of nitrogens with one attached hydrogen (secondary N) is 1. The van der Waals surface area contributed by atoms with E-state index in [9.17, 15) is 15.0 Å². The van der Waals surface area contributed by atoms with Gasteiger partial charge in [0.05, 0.1) is 19.8 Å². The number of aromatic hydroxyl groups is 2. The summed E-state index contributed by atoms with van der Waals surface area (Å²) >= 11 is 0. The lowest BCUT2D eigenvalue weighted by Gasteiger charge is -2.11. The summed E-state index contributed by atoms with van der Waals surface area (Å²) in [5.74, 6) is -1.80. The van der Waals surface area contributed by atoms with E-state index < -0.39 is 17.5 Å². The van der Waals surface area contributed by atoms with E-state index in [2.05, 4.69) is 4.74 Å². The summed E-state index contributed by atoms with van der Waals surface area (Å²) in [5.41, 5.74) is -0.387. The van der Waals surface area contributed by atoms with E-state index in [1.54, 1.807) is 0 Å². The number of esters is 1. The molecule has 0 saturated carbocycles. The summed E-state index contributed by atoms with van der Waals surface area (Å²) in [4.78, 5) is 11.3. The molecule has 1 rings (SSSR count). The van der Waals surface area contributed by atoms with Crippen molar-refractivity contribution in [3.63, 3.8) is 0 Å². The van der Waals surface area contributed by atoms with Gasteiger partial charge in [0, 0.05) is 12.3 Å². The zero-order valence-electron chi connectivity index (χ0n) is 8.77. The normalized spacial score (nSPS) is 9.62. The minimum atomic E-state index is -0.888. The van der Waals surface area contributed by atoms with Crippen molar-refractivity contribution >= 4 is 12.2 Å². The second-order valence-electron chi connectivity index (χ2n) is 2.87. The number of carbonyl (C=O) groups is 1. The number of phenols is 2. The maximum Gasteiger partial charge on any atom is 0.345 e. The maximum atomic E-state index is 11.3. The highest BCUT2D eigenvalue weighted by Crippen LogP contribution is 2.37. The molecule has 0 amide bonds. The molecule has 0 aromatic heterocycles. The van der Waals surface area contributed by atoms with Gasteiger partial charge in [-0.3, -0.25) is 0 Å². The number of hydrogen-bond donors (Lipinski definition) is 3. The number of rotatable bonds is 3. The van der Waals surface area contributed by atoms with Crippen molar-refractivity contribution < 1.29 is 24.5 Å². The Morgan fingerprint density at radius 3 is 2.50 bits per heavy atom. The van der Waals surface area contributed by atoms with E-state index in [4.69, 9.17) is 10.1 Å². The van der Waals surface area contributed by atoms with Crippen molar-refractivity contribution in [3.05, 3.63) is 17.2 Å². The molecule has 0 aliphatic rings. The van der Waals surface area contributed by atoms with Crippen LogP contribution in [-0.2, 0) is 4.74 Å². The van der Waals surface area contributed by atoms with Gasteiger partial charge in [-0.2, -0.15) is 0 Å². The summed E-state index contributed by atoms with van der Waals surface area (Å²) < 4.78 is 9.24. The number of methoxy groups -OCH3 is 2. The van der Waals surface area contributed by atoms with Crippen LogP contribution in [0.25, 0.3) is 0 Å². The van der Waals surface area contributed by atoms with Crippen molar-refractivity contribution in [2.45, 2.75) is 0 Å². The molecule has 16 heavy (non-hydrogen) atoms. The number of carbonyl (C=O) groups excluding carboxylic acids is 1. The monoisotopic (exact) mass is 225 g/mol. The van der Waals surface area contributed by atoms with Crippen LogP contribution in [0.5, 0.6) is 17.2 Å². The van der Waals surface area contributed by atoms with Crippen LogP contribution in [0.2, 0.25) is 0 Å². The lowest BCUT2D eigenvalue weighted by Crippen LogP contribution is -2.04. The SMILES string of the molecule is COC(=O)c1c(O)cc(OC)c(C=N)c1O. The Labute approximate surface area is 91.6 Å². The number of phenolic OH excluding ortho intramolecular Hbond substituents is 2. The zero-order chi connectivity index (χ0) is 12.3. The molecule has 0 heterocycles. The van der Waals surface area contributed by atoms with Gasteiger partial charge in [0.2, 0.25) is 0 Å². The van der Waals surface area contributed by atoms with Crippen LogP contribution in [0.15, 0.2) is 6.07 Å². The maximum absolute atomic E-state index is 11.3. The number of benzene rings is 1. The molecule has 0 unspecified atom stereocenters. The molecule has 0 aliphatic heterocycles. The molecule has 0 aliphatic carbocycles. The van der Waals surface area contributed by atoms with Gasteiger partial charge in [0.1, 0.15) is 22.8 Å². The van der Waals surface area contributed by atoms with Gasteiger partial charge in [-0.05, 0) is 0 Å². The number of hydrogen-bond acceptors (Lipinski definition) is 6. The van der Waals surface area contributed by atoms with Crippen molar-refractivity contribution in [1.82, 2.24) is 0 Å². The molecule has 3 N–H and O–H groups in total. The molecule has 0 fully saturated rings. The molecule has 86 valence electrons. The van der Waals surface area contributed by atoms with Crippen LogP contribution in [-0.4, -0.2) is 36.6 Å². The molecule has 1 aromatic carbocycles. The van der Waals surface area contributed by atoms with Crippen LogP contribution in [0.4, 0.5) is 0 Å². The minimum Gasteiger partial charge on any atom is -0.507 e. The molecule has 0 atom stereocenters. The van der Waals surface area contributed by atoms with Gasteiger partial charge >= 0.3 is 5.97 Å². The Hall–Kier alpha value is -2.24. The van der Waals surface area contributed by atoms with Gasteiger partial charge in [-0.25, -0.2) is 4.79 Å². The van der Waals surface area contributed by atoms with Crippen LogP contribution in [0.3, 0.4) is 0 Å². The van der Waals surface area contributed by atoms with Crippen molar-refractivity contribution in [3.8, 4) is 17.2 Å². The highest BCUT2D eigenvalue weighted by molar-refractivity contribution is 6.00. The fourth-order valence-corrected chi connectivity index (χ4v) is 1.26. The molecule has 1 aromatic rings. The van der Waals surface area contributed by atoms with E-state index in [-0.39, 0.29) is 16.9 Å². The molecule has 0 saturated heterocycles. The number of ether oxygens (including phenoxy) is 2. The molecule has 6 nitrogen and oxygen atoms in total. The Bertz CT molecular complexity index is 441. The predicted molar refractivity (Wildman–Crippen MR) is 55.5 cm³/mol. The third-order valence-electron chi connectivity index (χ3n) is 2.04. The minimum absolute atomic E-state index is 0.000648.